The maximum atomic E-state index is 11.4. The van der Waals surface area contributed by atoms with Crippen LogP contribution in [0.3, 0.4) is 0 Å². The van der Waals surface area contributed by atoms with Crippen molar-refractivity contribution in [3.05, 3.63) is 21.8 Å². The average molecular weight is 622 g/mol. The maximum Gasteiger partial charge on any atom is 0.254 e. The Labute approximate surface area is 152 Å². The summed E-state index contributed by atoms with van der Waals surface area (Å²) >= 11 is 16.4. The molecular formula is C9Cl2I3NO3. The minimum Gasteiger partial charge on any atom is -0.276 e. The minimum absolute atomic E-state index is 0.108. The van der Waals surface area contributed by atoms with Crippen molar-refractivity contribution in [3.8, 4) is 0 Å². The van der Waals surface area contributed by atoms with Crippen LogP contribution in [0.15, 0.2) is 4.99 Å². The summed E-state index contributed by atoms with van der Waals surface area (Å²) in [5.74, 6) is 0. The Kier molecular flexibility index (Phi) is 6.46. The summed E-state index contributed by atoms with van der Waals surface area (Å²) in [6.07, 6.45) is 1.37. The van der Waals surface area contributed by atoms with Gasteiger partial charge < -0.3 is 0 Å². The van der Waals surface area contributed by atoms with E-state index in [1.807, 2.05) is 67.8 Å². The number of aliphatic imine (C=N–C) groups is 1. The fourth-order valence-corrected chi connectivity index (χ4v) is 6.54. The number of carbonyl (C=O) groups excluding carboxylic acids is 3. The lowest BCUT2D eigenvalue weighted by Gasteiger charge is -2.11. The predicted molar refractivity (Wildman–Crippen MR) is 92.7 cm³/mol. The maximum absolute atomic E-state index is 11.4. The lowest BCUT2D eigenvalue weighted by molar-refractivity contribution is 0.107. The zero-order valence-electron chi connectivity index (χ0n) is 8.06. The molecule has 9 heteroatoms. The van der Waals surface area contributed by atoms with Crippen LogP contribution < -0.4 is 0 Å². The molecule has 0 fully saturated rings. The Hall–Kier alpha value is 0.710. The van der Waals surface area contributed by atoms with Crippen molar-refractivity contribution in [2.45, 2.75) is 0 Å². The van der Waals surface area contributed by atoms with Gasteiger partial charge in [-0.2, -0.15) is 4.99 Å². The summed E-state index contributed by atoms with van der Waals surface area (Å²) in [5, 5.41) is -1.50. The van der Waals surface area contributed by atoms with E-state index in [0.717, 1.165) is 0 Å². The van der Waals surface area contributed by atoms with Gasteiger partial charge in [-0.15, -0.1) is 0 Å². The van der Waals surface area contributed by atoms with Gasteiger partial charge in [0, 0.05) is 3.57 Å². The Balaban J connectivity index is 3.93. The van der Waals surface area contributed by atoms with Gasteiger partial charge >= 0.3 is 0 Å². The Morgan fingerprint density at radius 1 is 0.944 bits per heavy atom. The molecule has 1 aromatic carbocycles. The molecular weight excluding hydrogens is 622 g/mol. The van der Waals surface area contributed by atoms with Crippen molar-refractivity contribution < 1.29 is 14.4 Å². The number of isocyanates is 1. The average Bonchev–Trinajstić information content (AvgIpc) is 2.23. The van der Waals surface area contributed by atoms with Crippen molar-refractivity contribution in [2.75, 3.05) is 0 Å². The third kappa shape index (κ3) is 3.23. The summed E-state index contributed by atoms with van der Waals surface area (Å²) in [7, 11) is 0. The highest BCUT2D eigenvalue weighted by atomic mass is 127. The molecule has 0 N–H and O–H groups in total. The first-order chi connectivity index (χ1) is 8.32. The molecule has 0 heterocycles. The molecule has 1 aromatic rings. The summed E-state index contributed by atoms with van der Waals surface area (Å²) in [6.45, 7) is 0. The molecule has 4 nitrogen and oxygen atoms in total. The molecule has 1 rings (SSSR count). The van der Waals surface area contributed by atoms with Gasteiger partial charge in [-0.3, -0.25) is 9.59 Å². The number of carbonyl (C=O) groups is 2. The van der Waals surface area contributed by atoms with Gasteiger partial charge in [0.25, 0.3) is 10.5 Å². The van der Waals surface area contributed by atoms with E-state index < -0.39 is 10.5 Å². The summed E-state index contributed by atoms with van der Waals surface area (Å²) in [5.41, 5.74) is 0.382. The van der Waals surface area contributed by atoms with Gasteiger partial charge in [-0.1, -0.05) is 0 Å². The standard InChI is InChI=1S/C9Cl2I3NO3/c10-8(17)2-4(12)3(9(11)18)6(14)7(5(2)13)15-1-16. The largest absolute Gasteiger partial charge is 0.276 e. The van der Waals surface area contributed by atoms with E-state index in [-0.39, 0.29) is 16.8 Å². The first-order valence-corrected chi connectivity index (χ1v) is 8.00. The molecule has 94 valence electrons. The molecule has 18 heavy (non-hydrogen) atoms. The second-order valence-corrected chi connectivity index (χ2v) is 6.71. The van der Waals surface area contributed by atoms with E-state index in [4.69, 9.17) is 23.2 Å². The van der Waals surface area contributed by atoms with Crippen LogP contribution in [-0.4, -0.2) is 16.6 Å². The first kappa shape index (κ1) is 16.8. The van der Waals surface area contributed by atoms with E-state index in [2.05, 4.69) is 4.99 Å². The highest BCUT2D eigenvalue weighted by Crippen LogP contribution is 2.38. The van der Waals surface area contributed by atoms with Crippen LogP contribution in [0.25, 0.3) is 0 Å². The zero-order chi connectivity index (χ0) is 14.0. The van der Waals surface area contributed by atoms with Gasteiger partial charge in [0.05, 0.1) is 18.3 Å². The second kappa shape index (κ2) is 6.93. The van der Waals surface area contributed by atoms with Crippen molar-refractivity contribution in [1.82, 2.24) is 0 Å². The number of hydrogen-bond acceptors (Lipinski definition) is 4. The topological polar surface area (TPSA) is 63.6 Å². The quantitative estimate of drug-likeness (QED) is 0.220. The van der Waals surface area contributed by atoms with Gasteiger partial charge in [0.15, 0.2) is 0 Å². The van der Waals surface area contributed by atoms with Gasteiger partial charge in [0.1, 0.15) is 5.69 Å². The summed E-state index contributed by atoms with van der Waals surface area (Å²) in [6, 6.07) is 0. The molecule has 0 atom stereocenters. The first-order valence-electron chi connectivity index (χ1n) is 4.00. The fourth-order valence-electron chi connectivity index (χ4n) is 1.14. The lowest BCUT2D eigenvalue weighted by Crippen LogP contribution is -2.07. The van der Waals surface area contributed by atoms with Crippen molar-refractivity contribution in [2.24, 2.45) is 4.99 Å². The van der Waals surface area contributed by atoms with Crippen molar-refractivity contribution >= 4 is 113 Å². The van der Waals surface area contributed by atoms with Crippen LogP contribution in [0.1, 0.15) is 20.7 Å². The Morgan fingerprint density at radius 3 is 1.61 bits per heavy atom. The highest BCUT2D eigenvalue weighted by Gasteiger charge is 2.26. The van der Waals surface area contributed by atoms with Crippen LogP contribution in [0, 0.1) is 10.7 Å². The van der Waals surface area contributed by atoms with Crippen LogP contribution in [-0.2, 0) is 4.79 Å². The molecule has 0 spiro atoms. The van der Waals surface area contributed by atoms with Crippen LogP contribution >= 0.6 is 91.0 Å². The molecule has 0 amide bonds. The minimum atomic E-state index is -0.748. The molecule has 0 aromatic heterocycles. The molecule has 0 unspecified atom stereocenters. The third-order valence-corrected chi connectivity index (χ3v) is 5.40. The monoisotopic (exact) mass is 621 g/mol. The predicted octanol–water partition coefficient (Wildman–Crippen LogP) is 4.23. The fraction of sp³-hybridized carbons (Fsp3) is 0. The van der Waals surface area contributed by atoms with Gasteiger partial charge in [0.2, 0.25) is 6.08 Å². The molecule has 0 aliphatic rings. The smallest absolute Gasteiger partial charge is 0.254 e. The molecule has 0 saturated heterocycles. The Bertz CT molecular complexity index is 526. The number of benzene rings is 1. The van der Waals surface area contributed by atoms with E-state index in [9.17, 15) is 14.4 Å². The third-order valence-electron chi connectivity index (χ3n) is 1.84. The molecule has 0 radical (unpaired) electrons. The summed E-state index contributed by atoms with van der Waals surface area (Å²) < 4.78 is 1.10. The van der Waals surface area contributed by atoms with Crippen LogP contribution in [0.5, 0.6) is 0 Å². The number of nitrogens with zero attached hydrogens (tertiary/aromatic N) is 1. The zero-order valence-corrected chi connectivity index (χ0v) is 16.0. The van der Waals surface area contributed by atoms with Crippen LogP contribution in [0.4, 0.5) is 5.69 Å². The second-order valence-electron chi connectivity index (χ2n) is 2.79. The molecule has 0 aliphatic heterocycles. The Morgan fingerprint density at radius 2 is 1.33 bits per heavy atom. The van der Waals surface area contributed by atoms with Crippen LogP contribution in [0.2, 0.25) is 0 Å². The molecule has 0 saturated carbocycles. The number of rotatable bonds is 3. The number of halogens is 5. The number of hydrogen-bond donors (Lipinski definition) is 0. The SMILES string of the molecule is O=C=Nc1c(I)c(C(=O)Cl)c(I)c(C(=O)Cl)c1I. The highest BCUT2D eigenvalue weighted by molar-refractivity contribution is 14.1. The molecule has 0 aliphatic carbocycles. The lowest BCUT2D eigenvalue weighted by atomic mass is 10.1. The normalized spacial score (nSPS) is 9.83. The van der Waals surface area contributed by atoms with Gasteiger partial charge in [-0.05, 0) is 91.0 Å². The van der Waals surface area contributed by atoms with Crippen molar-refractivity contribution in [1.29, 1.82) is 0 Å². The van der Waals surface area contributed by atoms with Crippen molar-refractivity contribution in [3.63, 3.8) is 0 Å². The van der Waals surface area contributed by atoms with Gasteiger partial charge in [-0.25, -0.2) is 4.79 Å². The van der Waals surface area contributed by atoms with E-state index in [1.54, 1.807) is 0 Å². The summed E-state index contributed by atoms with van der Waals surface area (Å²) in [4.78, 5) is 36.7. The van der Waals surface area contributed by atoms with E-state index >= 15 is 0 Å². The van der Waals surface area contributed by atoms with E-state index in [1.165, 1.54) is 6.08 Å². The van der Waals surface area contributed by atoms with E-state index in [0.29, 0.717) is 10.7 Å². The molecule has 0 bridgehead atoms.